The topological polar surface area (TPSA) is 105 Å². The number of methoxy groups -OCH3 is 1. The Kier molecular flexibility index (Phi) is 8.01. The predicted octanol–water partition coefficient (Wildman–Crippen LogP) is 5.15. The van der Waals surface area contributed by atoms with Crippen LogP contribution < -0.4 is 10.5 Å². The van der Waals surface area contributed by atoms with E-state index in [0.717, 1.165) is 9.86 Å². The number of nitrogens with zero attached hydrogens (tertiary/aromatic N) is 3. The van der Waals surface area contributed by atoms with Gasteiger partial charge in [0.25, 0.3) is 0 Å². The molecule has 0 aliphatic carbocycles. The number of carbonyl (C=O) groups excluding carboxylic acids is 1. The molecule has 158 valence electrons. The zero-order valence-corrected chi connectivity index (χ0v) is 19.3. The summed E-state index contributed by atoms with van der Waals surface area (Å²) >= 11 is 3.46. The van der Waals surface area contributed by atoms with Gasteiger partial charge in [0.15, 0.2) is 0 Å². The lowest BCUT2D eigenvalue weighted by Gasteiger charge is -2.06. The van der Waals surface area contributed by atoms with Crippen molar-refractivity contribution in [3.05, 3.63) is 63.8 Å². The highest BCUT2D eigenvalue weighted by Crippen LogP contribution is 2.32. The number of benzene rings is 2. The molecule has 1 atom stereocenters. The number of carbonyl (C=O) groups is 1. The second-order valence-electron chi connectivity index (χ2n) is 6.89. The lowest BCUT2D eigenvalue weighted by atomic mass is 10.0. The summed E-state index contributed by atoms with van der Waals surface area (Å²) in [6, 6.07) is 14.6. The molecule has 0 saturated heterocycles. The number of halogens is 2. The number of nitrogens with two attached hydrogens (primary N) is 1. The number of rotatable bonds is 5. The van der Waals surface area contributed by atoms with Gasteiger partial charge in [-0.05, 0) is 49.4 Å². The van der Waals surface area contributed by atoms with Crippen molar-refractivity contribution >= 4 is 56.8 Å². The number of hydrogen-bond acceptors (Lipinski definition) is 5. The Morgan fingerprint density at radius 3 is 2.65 bits per heavy atom. The standard InChI is InChI=1S/C23H19BrN4O2.ClH/c1-14(27)7-23(29)28-13-20(19-10-18(24)4-5-21(19)28)17(12-26)9-16-8-15(11-25)3-6-22(16)30-2;/h3-6,8-10,13-14H,7,27H2,1-2H3;1H/b17-9+;. The Bertz CT molecular complexity index is 1250. The van der Waals surface area contributed by atoms with E-state index in [4.69, 9.17) is 10.5 Å². The zero-order chi connectivity index (χ0) is 21.8. The summed E-state index contributed by atoms with van der Waals surface area (Å²) in [6.45, 7) is 1.77. The van der Waals surface area contributed by atoms with Crippen LogP contribution in [0.25, 0.3) is 22.6 Å². The van der Waals surface area contributed by atoms with Gasteiger partial charge in [-0.2, -0.15) is 10.5 Å². The maximum Gasteiger partial charge on any atom is 0.232 e. The number of allylic oxidation sites excluding steroid dienone is 1. The molecule has 3 rings (SSSR count). The van der Waals surface area contributed by atoms with Crippen LogP contribution in [0.4, 0.5) is 0 Å². The molecule has 0 fully saturated rings. The third-order valence-corrected chi connectivity index (χ3v) is 5.09. The van der Waals surface area contributed by atoms with E-state index in [1.54, 1.807) is 37.4 Å². The highest BCUT2D eigenvalue weighted by molar-refractivity contribution is 9.10. The summed E-state index contributed by atoms with van der Waals surface area (Å²) in [5, 5.41) is 19.9. The van der Waals surface area contributed by atoms with Crippen LogP contribution in [0, 0.1) is 22.7 Å². The smallest absolute Gasteiger partial charge is 0.232 e. The highest BCUT2D eigenvalue weighted by Gasteiger charge is 2.18. The van der Waals surface area contributed by atoms with Crippen molar-refractivity contribution in [2.75, 3.05) is 7.11 Å². The van der Waals surface area contributed by atoms with Crippen molar-refractivity contribution in [2.45, 2.75) is 19.4 Å². The minimum atomic E-state index is -0.280. The Hall–Kier alpha value is -3.10. The van der Waals surface area contributed by atoms with Gasteiger partial charge in [0.1, 0.15) is 5.75 Å². The second-order valence-corrected chi connectivity index (χ2v) is 7.80. The Balaban J connectivity index is 0.00000341. The van der Waals surface area contributed by atoms with E-state index >= 15 is 0 Å². The fourth-order valence-corrected chi connectivity index (χ4v) is 3.60. The Morgan fingerprint density at radius 1 is 1.29 bits per heavy atom. The molecule has 0 amide bonds. The fraction of sp³-hybridized carbons (Fsp3) is 0.174. The van der Waals surface area contributed by atoms with Crippen molar-refractivity contribution in [3.63, 3.8) is 0 Å². The van der Waals surface area contributed by atoms with E-state index in [1.807, 2.05) is 18.2 Å². The summed E-state index contributed by atoms with van der Waals surface area (Å²) in [4.78, 5) is 12.7. The third kappa shape index (κ3) is 5.15. The molecule has 0 radical (unpaired) electrons. The maximum absolute atomic E-state index is 12.7. The molecule has 1 unspecified atom stereocenters. The van der Waals surface area contributed by atoms with Gasteiger partial charge in [0, 0.05) is 39.6 Å². The molecule has 0 aliphatic heterocycles. The number of fused-ring (bicyclic) bond motifs is 1. The average molecular weight is 500 g/mol. The van der Waals surface area contributed by atoms with Crippen LogP contribution in [0.3, 0.4) is 0 Å². The summed E-state index contributed by atoms with van der Waals surface area (Å²) < 4.78 is 7.74. The van der Waals surface area contributed by atoms with E-state index in [-0.39, 0.29) is 30.8 Å². The van der Waals surface area contributed by atoms with Gasteiger partial charge in [-0.25, -0.2) is 0 Å². The van der Waals surface area contributed by atoms with E-state index in [0.29, 0.717) is 33.5 Å². The number of aromatic nitrogens is 1. The quantitative estimate of drug-likeness (QED) is 0.489. The predicted molar refractivity (Wildman–Crippen MR) is 127 cm³/mol. The van der Waals surface area contributed by atoms with Crippen LogP contribution in [0.15, 0.2) is 47.1 Å². The van der Waals surface area contributed by atoms with Crippen molar-refractivity contribution < 1.29 is 9.53 Å². The van der Waals surface area contributed by atoms with Gasteiger partial charge in [0.2, 0.25) is 5.91 Å². The molecule has 31 heavy (non-hydrogen) atoms. The monoisotopic (exact) mass is 498 g/mol. The number of nitriles is 2. The Morgan fingerprint density at radius 2 is 2.03 bits per heavy atom. The summed E-state index contributed by atoms with van der Waals surface area (Å²) in [7, 11) is 1.53. The minimum absolute atomic E-state index is 0. The summed E-state index contributed by atoms with van der Waals surface area (Å²) in [5.41, 5.74) is 8.51. The Labute approximate surface area is 195 Å². The second kappa shape index (κ2) is 10.3. The molecule has 2 N–H and O–H groups in total. The van der Waals surface area contributed by atoms with Crippen LogP contribution in [0.5, 0.6) is 5.75 Å². The molecule has 2 aromatic carbocycles. The first kappa shape index (κ1) is 24.2. The van der Waals surface area contributed by atoms with E-state index in [2.05, 4.69) is 28.1 Å². The largest absolute Gasteiger partial charge is 0.496 e. The first-order valence-corrected chi connectivity index (χ1v) is 9.97. The number of ether oxygens (including phenoxy) is 1. The van der Waals surface area contributed by atoms with Crippen LogP contribution in [0.2, 0.25) is 0 Å². The summed E-state index contributed by atoms with van der Waals surface area (Å²) in [5.74, 6) is 0.393. The lowest BCUT2D eigenvalue weighted by Crippen LogP contribution is -2.22. The van der Waals surface area contributed by atoms with Crippen LogP contribution in [0.1, 0.15) is 34.8 Å². The van der Waals surface area contributed by atoms with Crippen molar-refractivity contribution in [2.24, 2.45) is 5.73 Å². The van der Waals surface area contributed by atoms with Crippen LogP contribution in [-0.2, 0) is 0 Å². The van der Waals surface area contributed by atoms with E-state index in [1.165, 1.54) is 11.7 Å². The average Bonchev–Trinajstić information content (AvgIpc) is 3.09. The minimum Gasteiger partial charge on any atom is -0.496 e. The fourth-order valence-electron chi connectivity index (χ4n) is 3.24. The highest BCUT2D eigenvalue weighted by atomic mass is 79.9. The molecule has 0 spiro atoms. The van der Waals surface area contributed by atoms with Gasteiger partial charge in [-0.15, -0.1) is 12.4 Å². The zero-order valence-electron chi connectivity index (χ0n) is 16.9. The van der Waals surface area contributed by atoms with Gasteiger partial charge in [-0.3, -0.25) is 9.36 Å². The van der Waals surface area contributed by atoms with E-state index < -0.39 is 0 Å². The molecule has 0 bridgehead atoms. The molecule has 1 aromatic heterocycles. The first-order valence-electron chi connectivity index (χ1n) is 9.17. The third-order valence-electron chi connectivity index (χ3n) is 4.60. The van der Waals surface area contributed by atoms with E-state index in [9.17, 15) is 15.3 Å². The molecular weight excluding hydrogens is 480 g/mol. The van der Waals surface area contributed by atoms with Gasteiger partial charge in [0.05, 0.1) is 35.9 Å². The molecule has 0 saturated carbocycles. The van der Waals surface area contributed by atoms with Crippen molar-refractivity contribution in [3.8, 4) is 17.9 Å². The summed E-state index contributed by atoms with van der Waals surface area (Å²) in [6.07, 6.45) is 3.51. The molecule has 8 heteroatoms. The number of hydrogen-bond donors (Lipinski definition) is 1. The maximum atomic E-state index is 12.7. The molecule has 0 aliphatic rings. The molecule has 6 nitrogen and oxygen atoms in total. The molecular formula is C23H20BrClN4O2. The van der Waals surface area contributed by atoms with Gasteiger partial charge in [-0.1, -0.05) is 15.9 Å². The van der Waals surface area contributed by atoms with Crippen LogP contribution in [-0.4, -0.2) is 23.6 Å². The first-order chi connectivity index (χ1) is 14.4. The SMILES string of the molecule is COc1ccc(C#N)cc1/C=C(\C#N)c1cn(C(=O)CC(C)N)c2ccc(Br)cc12.Cl. The van der Waals surface area contributed by atoms with Crippen LogP contribution >= 0.6 is 28.3 Å². The lowest BCUT2D eigenvalue weighted by molar-refractivity contribution is 0.0901. The molecule has 3 aromatic rings. The van der Waals surface area contributed by atoms with Gasteiger partial charge >= 0.3 is 0 Å². The normalized spacial score (nSPS) is 11.9. The van der Waals surface area contributed by atoms with Crippen molar-refractivity contribution in [1.82, 2.24) is 4.57 Å². The molecule has 1 heterocycles. The van der Waals surface area contributed by atoms with Crippen molar-refractivity contribution in [1.29, 1.82) is 10.5 Å². The van der Waals surface area contributed by atoms with Gasteiger partial charge < -0.3 is 10.5 Å².